The minimum atomic E-state index is 0.529. The van der Waals surface area contributed by atoms with E-state index in [-0.39, 0.29) is 0 Å². The number of hydrogen-bond acceptors (Lipinski definition) is 2. The number of hydrogen-bond donors (Lipinski definition) is 0. The molecule has 2 aromatic heterocycles. The SMILES string of the molecule is COc1cc(-n2c3c(c4ccccc42)CC(C)C=C3)ccc1-c1ccc(-n2c3ccccc3c3ccccc32)cc1OC. The molecule has 4 heteroatoms. The zero-order valence-corrected chi connectivity index (χ0v) is 24.5. The number of rotatable bonds is 5. The van der Waals surface area contributed by atoms with Crippen molar-refractivity contribution in [1.29, 1.82) is 0 Å². The van der Waals surface area contributed by atoms with Crippen molar-refractivity contribution < 1.29 is 9.47 Å². The quantitative estimate of drug-likeness (QED) is 0.210. The Morgan fingerprint density at radius 1 is 0.581 bits per heavy atom. The number of para-hydroxylation sites is 3. The van der Waals surface area contributed by atoms with Crippen LogP contribution in [0.5, 0.6) is 11.5 Å². The lowest BCUT2D eigenvalue weighted by molar-refractivity contribution is 0.410. The molecular weight excluding hydrogens is 528 g/mol. The first-order valence-corrected chi connectivity index (χ1v) is 14.8. The third-order valence-electron chi connectivity index (χ3n) is 8.89. The van der Waals surface area contributed by atoms with Gasteiger partial charge in [-0.1, -0.05) is 67.6 Å². The van der Waals surface area contributed by atoms with Crippen molar-refractivity contribution >= 4 is 38.8 Å². The molecule has 1 aliphatic carbocycles. The first-order chi connectivity index (χ1) is 21.2. The van der Waals surface area contributed by atoms with Gasteiger partial charge in [-0.05, 0) is 66.4 Å². The summed E-state index contributed by atoms with van der Waals surface area (Å²) in [6, 6.07) is 38.8. The summed E-state index contributed by atoms with van der Waals surface area (Å²) in [7, 11) is 3.48. The molecule has 0 saturated carbocycles. The molecule has 0 saturated heterocycles. The minimum Gasteiger partial charge on any atom is -0.496 e. The first kappa shape index (κ1) is 25.5. The zero-order valence-electron chi connectivity index (χ0n) is 24.5. The maximum atomic E-state index is 6.04. The number of aromatic nitrogens is 2. The highest BCUT2D eigenvalue weighted by Crippen LogP contribution is 2.42. The van der Waals surface area contributed by atoms with Gasteiger partial charge in [0.1, 0.15) is 11.5 Å². The topological polar surface area (TPSA) is 28.3 Å². The van der Waals surface area contributed by atoms with Crippen LogP contribution >= 0.6 is 0 Å². The van der Waals surface area contributed by atoms with Crippen LogP contribution in [0.3, 0.4) is 0 Å². The molecule has 210 valence electrons. The van der Waals surface area contributed by atoms with Crippen molar-refractivity contribution in [3.05, 3.63) is 127 Å². The summed E-state index contributed by atoms with van der Waals surface area (Å²) in [6.07, 6.45) is 5.64. The third kappa shape index (κ3) is 3.90. The van der Waals surface area contributed by atoms with Crippen LogP contribution in [0.15, 0.2) is 115 Å². The Balaban J connectivity index is 1.27. The van der Waals surface area contributed by atoms with Crippen molar-refractivity contribution in [3.63, 3.8) is 0 Å². The summed E-state index contributed by atoms with van der Waals surface area (Å²) in [5, 5.41) is 3.80. The van der Waals surface area contributed by atoms with Gasteiger partial charge in [-0.3, -0.25) is 0 Å². The zero-order chi connectivity index (χ0) is 29.1. The van der Waals surface area contributed by atoms with Crippen LogP contribution in [0.1, 0.15) is 18.2 Å². The van der Waals surface area contributed by atoms with Crippen LogP contribution in [-0.2, 0) is 6.42 Å². The lowest BCUT2D eigenvalue weighted by atomic mass is 9.93. The van der Waals surface area contributed by atoms with E-state index in [9.17, 15) is 0 Å². The second-order valence-corrected chi connectivity index (χ2v) is 11.4. The molecule has 0 fully saturated rings. The van der Waals surface area contributed by atoms with Gasteiger partial charge in [-0.2, -0.15) is 0 Å². The van der Waals surface area contributed by atoms with E-state index in [1.54, 1.807) is 14.2 Å². The molecule has 5 aromatic carbocycles. The number of benzene rings is 5. The molecule has 2 heterocycles. The first-order valence-electron chi connectivity index (χ1n) is 14.8. The average molecular weight is 561 g/mol. The van der Waals surface area contributed by atoms with Crippen LogP contribution in [0.2, 0.25) is 0 Å². The van der Waals surface area contributed by atoms with E-state index in [2.05, 4.69) is 137 Å². The number of fused-ring (bicyclic) bond motifs is 6. The van der Waals surface area contributed by atoms with E-state index >= 15 is 0 Å². The minimum absolute atomic E-state index is 0.529. The van der Waals surface area contributed by atoms with Gasteiger partial charge in [-0.25, -0.2) is 0 Å². The van der Waals surface area contributed by atoms with Gasteiger partial charge in [0, 0.05) is 56.5 Å². The molecule has 0 N–H and O–H groups in total. The van der Waals surface area contributed by atoms with Crippen LogP contribution in [-0.4, -0.2) is 23.4 Å². The van der Waals surface area contributed by atoms with Gasteiger partial charge in [-0.15, -0.1) is 0 Å². The number of methoxy groups -OCH3 is 2. The molecule has 0 amide bonds. The van der Waals surface area contributed by atoms with Crippen molar-refractivity contribution in [1.82, 2.24) is 9.13 Å². The molecule has 0 radical (unpaired) electrons. The van der Waals surface area contributed by atoms with Gasteiger partial charge >= 0.3 is 0 Å². The molecule has 1 atom stereocenters. The Bertz CT molecular complexity index is 2160. The van der Waals surface area contributed by atoms with Crippen molar-refractivity contribution in [2.24, 2.45) is 5.92 Å². The molecule has 43 heavy (non-hydrogen) atoms. The Labute approximate surface area is 251 Å². The highest BCUT2D eigenvalue weighted by atomic mass is 16.5. The fraction of sp³-hybridized carbons (Fsp3) is 0.128. The second kappa shape index (κ2) is 9.95. The van der Waals surface area contributed by atoms with Crippen molar-refractivity contribution in [2.45, 2.75) is 13.3 Å². The maximum Gasteiger partial charge on any atom is 0.128 e. The molecule has 1 unspecified atom stereocenters. The van der Waals surface area contributed by atoms with Crippen molar-refractivity contribution in [3.8, 4) is 34.0 Å². The van der Waals surface area contributed by atoms with Crippen LogP contribution in [0.4, 0.5) is 0 Å². The van der Waals surface area contributed by atoms with Crippen molar-refractivity contribution in [2.75, 3.05) is 14.2 Å². The van der Waals surface area contributed by atoms with Gasteiger partial charge < -0.3 is 18.6 Å². The van der Waals surface area contributed by atoms with E-state index in [1.807, 2.05) is 0 Å². The fourth-order valence-corrected chi connectivity index (χ4v) is 6.92. The van der Waals surface area contributed by atoms with Crippen LogP contribution in [0.25, 0.3) is 61.3 Å². The normalized spacial score (nSPS) is 14.4. The van der Waals surface area contributed by atoms with Gasteiger partial charge in [0.25, 0.3) is 0 Å². The monoisotopic (exact) mass is 560 g/mol. The van der Waals surface area contributed by atoms with E-state index < -0.39 is 0 Å². The highest BCUT2D eigenvalue weighted by molar-refractivity contribution is 6.09. The Kier molecular flexibility index (Phi) is 5.90. The smallest absolute Gasteiger partial charge is 0.128 e. The Hall–Kier alpha value is -5.22. The Morgan fingerprint density at radius 2 is 1.07 bits per heavy atom. The number of ether oxygens (including phenoxy) is 2. The maximum absolute atomic E-state index is 6.04. The summed E-state index contributed by atoms with van der Waals surface area (Å²) < 4.78 is 16.7. The molecule has 0 bridgehead atoms. The predicted molar refractivity (Wildman–Crippen MR) is 178 cm³/mol. The molecule has 8 rings (SSSR count). The van der Waals surface area contributed by atoms with Crippen LogP contribution < -0.4 is 9.47 Å². The third-order valence-corrected chi connectivity index (χ3v) is 8.89. The van der Waals surface area contributed by atoms with Gasteiger partial charge in [0.2, 0.25) is 0 Å². The number of nitrogens with zero attached hydrogens (tertiary/aromatic N) is 2. The lowest BCUT2D eigenvalue weighted by Crippen LogP contribution is -2.05. The van der Waals surface area contributed by atoms with E-state index in [0.29, 0.717) is 5.92 Å². The molecule has 1 aliphatic rings. The van der Waals surface area contributed by atoms with Gasteiger partial charge in [0.15, 0.2) is 0 Å². The lowest BCUT2D eigenvalue weighted by Gasteiger charge is -2.18. The molecule has 4 nitrogen and oxygen atoms in total. The fourth-order valence-electron chi connectivity index (χ4n) is 6.92. The molecule has 0 spiro atoms. The summed E-state index contributed by atoms with van der Waals surface area (Å²) in [5.41, 5.74) is 10.3. The predicted octanol–water partition coefficient (Wildman–Crippen LogP) is 9.62. The van der Waals surface area contributed by atoms with Gasteiger partial charge in [0.05, 0.1) is 30.8 Å². The molecular formula is C39H32N2O2. The van der Waals surface area contributed by atoms with E-state index in [0.717, 1.165) is 40.4 Å². The standard InChI is InChI=1S/C39H32N2O2/c1-25-16-21-37-33(22-25)30-12-6-9-15-36(30)41(37)27-18-20-32(39(24-27)43-3)31-19-17-26(23-38(31)42-2)40-34-13-7-4-10-28(34)29-11-5-8-14-35(29)40/h4-21,23-25H,22H2,1-3H3. The average Bonchev–Trinajstić information content (AvgIpc) is 3.57. The second-order valence-electron chi connectivity index (χ2n) is 11.4. The molecule has 7 aromatic rings. The summed E-state index contributed by atoms with van der Waals surface area (Å²) in [6.45, 7) is 2.28. The summed E-state index contributed by atoms with van der Waals surface area (Å²) in [4.78, 5) is 0. The largest absolute Gasteiger partial charge is 0.496 e. The van der Waals surface area contributed by atoms with E-state index in [1.165, 1.54) is 44.0 Å². The molecule has 0 aliphatic heterocycles. The highest BCUT2D eigenvalue weighted by Gasteiger charge is 2.22. The number of allylic oxidation sites excluding steroid dienone is 1. The van der Waals surface area contributed by atoms with E-state index in [4.69, 9.17) is 9.47 Å². The summed E-state index contributed by atoms with van der Waals surface area (Å²) in [5.74, 6) is 2.13. The summed E-state index contributed by atoms with van der Waals surface area (Å²) >= 11 is 0. The van der Waals surface area contributed by atoms with Crippen LogP contribution in [0, 0.1) is 5.92 Å². The Morgan fingerprint density at radius 3 is 1.63 bits per heavy atom.